The first-order chi connectivity index (χ1) is 13.5. The Morgan fingerprint density at radius 3 is 2.86 bits per heavy atom. The number of halogens is 2. The van der Waals surface area contributed by atoms with Crippen LogP contribution in [0.15, 0.2) is 48.9 Å². The Kier molecular flexibility index (Phi) is 7.46. The fraction of sp³-hybridized carbons (Fsp3) is 0.111. The molecule has 146 valence electrons. The van der Waals surface area contributed by atoms with E-state index in [9.17, 15) is 9.18 Å². The highest BCUT2D eigenvalue weighted by molar-refractivity contribution is 6.32. The number of amides is 1. The van der Waals surface area contributed by atoms with Gasteiger partial charge in [0.2, 0.25) is 11.9 Å². The summed E-state index contributed by atoms with van der Waals surface area (Å²) in [5.74, 6) is -0.488. The smallest absolute Gasteiger partial charge is 0.247 e. The Labute approximate surface area is 166 Å². The van der Waals surface area contributed by atoms with E-state index in [1.54, 1.807) is 19.3 Å². The third kappa shape index (κ3) is 5.52. The number of carbonyl (C=O) groups is 1. The van der Waals surface area contributed by atoms with Gasteiger partial charge in [-0.25, -0.2) is 9.37 Å². The Bertz CT molecular complexity index is 917. The highest BCUT2D eigenvalue weighted by Gasteiger charge is 2.12. The highest BCUT2D eigenvalue weighted by Crippen LogP contribution is 2.24. The Hall–Kier alpha value is -3.46. The second-order valence-electron chi connectivity index (χ2n) is 5.36. The maximum Gasteiger partial charge on any atom is 0.247 e. The van der Waals surface area contributed by atoms with Crippen LogP contribution in [0.3, 0.4) is 0 Å². The van der Waals surface area contributed by atoms with Crippen LogP contribution >= 0.6 is 11.6 Å². The predicted molar refractivity (Wildman–Crippen MR) is 109 cm³/mol. The summed E-state index contributed by atoms with van der Waals surface area (Å²) in [5, 5.41) is 18.7. The molecule has 0 bridgehead atoms. The Morgan fingerprint density at radius 2 is 2.18 bits per heavy atom. The van der Waals surface area contributed by atoms with Gasteiger partial charge >= 0.3 is 0 Å². The van der Waals surface area contributed by atoms with Crippen molar-refractivity contribution in [3.05, 3.63) is 65.4 Å². The third-order valence-electron chi connectivity index (χ3n) is 3.45. The summed E-state index contributed by atoms with van der Waals surface area (Å²) in [6.07, 6.45) is 5.13. The van der Waals surface area contributed by atoms with Gasteiger partial charge in [-0.15, -0.1) is 0 Å². The topological polar surface area (TPSA) is 115 Å². The largest absolute Gasteiger partial charge is 0.392 e. The molecule has 0 saturated carbocycles. The fourth-order valence-electron chi connectivity index (χ4n) is 2.16. The summed E-state index contributed by atoms with van der Waals surface area (Å²) in [4.78, 5) is 19.8. The van der Waals surface area contributed by atoms with Crippen molar-refractivity contribution in [1.29, 1.82) is 5.41 Å². The number of benzene rings is 1. The first-order valence-corrected chi connectivity index (χ1v) is 8.48. The van der Waals surface area contributed by atoms with Crippen LogP contribution in [0, 0.1) is 11.2 Å². The zero-order valence-corrected chi connectivity index (χ0v) is 15.8. The van der Waals surface area contributed by atoms with Gasteiger partial charge in [0.05, 0.1) is 11.9 Å². The lowest BCUT2D eigenvalue weighted by Gasteiger charge is -2.14. The van der Waals surface area contributed by atoms with E-state index in [4.69, 9.17) is 17.0 Å². The predicted octanol–water partition coefficient (Wildman–Crippen LogP) is 3.13. The van der Waals surface area contributed by atoms with Crippen LogP contribution in [0.1, 0.15) is 5.56 Å². The molecule has 28 heavy (non-hydrogen) atoms. The van der Waals surface area contributed by atoms with E-state index in [-0.39, 0.29) is 28.9 Å². The van der Waals surface area contributed by atoms with Crippen LogP contribution in [0.4, 0.5) is 21.8 Å². The second kappa shape index (κ2) is 10.0. The maximum absolute atomic E-state index is 14.3. The zero-order chi connectivity index (χ0) is 20.5. The highest BCUT2D eigenvalue weighted by atomic mass is 35.5. The van der Waals surface area contributed by atoms with Crippen molar-refractivity contribution < 1.29 is 9.18 Å². The number of carbonyl (C=O) groups excluding carboxylic acids is 1. The van der Waals surface area contributed by atoms with Gasteiger partial charge in [0.15, 0.2) is 5.82 Å². The molecular weight excluding hydrogens is 385 g/mol. The van der Waals surface area contributed by atoms with E-state index in [1.165, 1.54) is 18.3 Å². The number of anilines is 3. The summed E-state index contributed by atoms with van der Waals surface area (Å²) in [7, 11) is 1.69. The van der Waals surface area contributed by atoms with Gasteiger partial charge in [-0.2, -0.15) is 4.98 Å². The first kappa shape index (κ1) is 20.8. The second-order valence-corrected chi connectivity index (χ2v) is 5.77. The summed E-state index contributed by atoms with van der Waals surface area (Å²) in [6.45, 7) is 3.39. The quantitative estimate of drug-likeness (QED) is 0.324. The lowest BCUT2D eigenvalue weighted by atomic mass is 10.1. The van der Waals surface area contributed by atoms with Crippen molar-refractivity contribution in [3.8, 4) is 0 Å². The SMILES string of the molecule is C=CC(=O)Nc1cccc(F)c1CNc1nc(N/C(C=N)=C/NC)ncc1Cl. The third-order valence-corrected chi connectivity index (χ3v) is 3.73. The minimum atomic E-state index is -0.499. The molecule has 0 aliphatic carbocycles. The van der Waals surface area contributed by atoms with Gasteiger partial charge in [0, 0.05) is 37.3 Å². The first-order valence-electron chi connectivity index (χ1n) is 8.10. The molecule has 0 aliphatic heterocycles. The summed E-state index contributed by atoms with van der Waals surface area (Å²) < 4.78 is 14.3. The van der Waals surface area contributed by atoms with Gasteiger partial charge in [-0.1, -0.05) is 24.2 Å². The van der Waals surface area contributed by atoms with Gasteiger partial charge in [-0.3, -0.25) is 4.79 Å². The molecule has 10 heteroatoms. The van der Waals surface area contributed by atoms with E-state index >= 15 is 0 Å². The Morgan fingerprint density at radius 1 is 1.39 bits per heavy atom. The van der Waals surface area contributed by atoms with E-state index in [1.807, 2.05) is 0 Å². The molecule has 5 N–H and O–H groups in total. The van der Waals surface area contributed by atoms with Crippen molar-refractivity contribution in [2.24, 2.45) is 0 Å². The molecule has 8 nitrogen and oxygen atoms in total. The van der Waals surface area contributed by atoms with Crippen LogP contribution in [0.25, 0.3) is 0 Å². The molecule has 1 heterocycles. The molecule has 2 rings (SSSR count). The number of nitrogens with zero attached hydrogens (tertiary/aromatic N) is 2. The zero-order valence-electron chi connectivity index (χ0n) is 15.0. The molecule has 1 amide bonds. The van der Waals surface area contributed by atoms with E-state index in [0.717, 1.165) is 12.3 Å². The molecule has 0 fully saturated rings. The summed E-state index contributed by atoms with van der Waals surface area (Å²) >= 11 is 6.12. The lowest BCUT2D eigenvalue weighted by molar-refractivity contribution is -0.111. The molecule has 0 spiro atoms. The molecule has 0 atom stereocenters. The van der Waals surface area contributed by atoms with E-state index in [0.29, 0.717) is 11.4 Å². The van der Waals surface area contributed by atoms with Crippen molar-refractivity contribution >= 4 is 41.2 Å². The van der Waals surface area contributed by atoms with Gasteiger partial charge in [0.25, 0.3) is 0 Å². The van der Waals surface area contributed by atoms with Gasteiger partial charge in [0.1, 0.15) is 10.8 Å². The minimum absolute atomic E-state index is 0.0133. The number of nitrogens with one attached hydrogen (secondary N) is 5. The van der Waals surface area contributed by atoms with Crippen LogP contribution in [0.2, 0.25) is 5.02 Å². The number of allylic oxidation sites excluding steroid dienone is 1. The number of hydrogen-bond donors (Lipinski definition) is 5. The average molecular weight is 404 g/mol. The average Bonchev–Trinajstić information content (AvgIpc) is 2.69. The van der Waals surface area contributed by atoms with E-state index < -0.39 is 11.7 Å². The van der Waals surface area contributed by atoms with Crippen molar-refractivity contribution in [3.63, 3.8) is 0 Å². The molecule has 0 unspecified atom stereocenters. The van der Waals surface area contributed by atoms with Gasteiger partial charge in [-0.05, 0) is 18.2 Å². The standard InChI is InChI=1S/C18H19ClFN7O/c1-3-16(28)26-15-6-4-5-14(20)12(15)9-23-17-13(19)10-24-18(27-17)25-11(7-21)8-22-2/h3-8,10,21-22H,1,9H2,2H3,(H,26,28)(H2,23,24,25,27)/b11-8+,21-7?. The minimum Gasteiger partial charge on any atom is -0.392 e. The summed E-state index contributed by atoms with van der Waals surface area (Å²) in [6, 6.07) is 4.35. The van der Waals surface area contributed by atoms with Crippen LogP contribution < -0.4 is 21.3 Å². The molecule has 2 aromatic rings. The van der Waals surface area contributed by atoms with Crippen LogP contribution in [-0.2, 0) is 11.3 Å². The van der Waals surface area contributed by atoms with Crippen molar-refractivity contribution in [1.82, 2.24) is 15.3 Å². The molecule has 0 radical (unpaired) electrons. The lowest BCUT2D eigenvalue weighted by Crippen LogP contribution is -2.13. The number of rotatable bonds is 9. The molecule has 0 aliphatic rings. The Balaban J connectivity index is 2.22. The monoisotopic (exact) mass is 403 g/mol. The van der Waals surface area contributed by atoms with Crippen molar-refractivity contribution in [2.45, 2.75) is 6.54 Å². The van der Waals surface area contributed by atoms with Crippen LogP contribution in [-0.4, -0.2) is 29.1 Å². The number of hydrogen-bond acceptors (Lipinski definition) is 7. The van der Waals surface area contributed by atoms with Crippen molar-refractivity contribution in [2.75, 3.05) is 23.0 Å². The summed E-state index contributed by atoms with van der Waals surface area (Å²) in [5.41, 5.74) is 0.973. The normalized spacial score (nSPS) is 10.8. The molecule has 0 saturated heterocycles. The molecular formula is C18H19ClFN7O. The van der Waals surface area contributed by atoms with Crippen LogP contribution in [0.5, 0.6) is 0 Å². The number of aromatic nitrogens is 2. The van der Waals surface area contributed by atoms with E-state index in [2.05, 4.69) is 37.8 Å². The molecule has 1 aromatic heterocycles. The molecule has 1 aromatic carbocycles. The van der Waals surface area contributed by atoms with Gasteiger partial charge < -0.3 is 26.7 Å². The fourth-order valence-corrected chi connectivity index (χ4v) is 2.32. The maximum atomic E-state index is 14.3.